The van der Waals surface area contributed by atoms with Crippen molar-refractivity contribution in [1.29, 1.82) is 0 Å². The van der Waals surface area contributed by atoms with Crippen LogP contribution in [0.25, 0.3) is 0 Å². The minimum atomic E-state index is -0.588. The molecule has 9 nitrogen and oxygen atoms in total. The standard InChI is InChI=1S/C10H12N6O3/c1-6-11-8(14-13-6)5-15(2)10(17)7-3-4-9(12-7)16(18)19/h3-4,12H,5H2,1-2H3,(H,11,13,14). The first-order chi connectivity index (χ1) is 8.97. The van der Waals surface area contributed by atoms with Crippen LogP contribution >= 0.6 is 0 Å². The van der Waals surface area contributed by atoms with Crippen LogP contribution in [-0.2, 0) is 6.54 Å². The fraction of sp³-hybridized carbons (Fsp3) is 0.300. The molecule has 0 unspecified atom stereocenters. The number of carbonyl (C=O) groups excluding carboxylic acids is 1. The van der Waals surface area contributed by atoms with Crippen LogP contribution in [0.3, 0.4) is 0 Å². The van der Waals surface area contributed by atoms with E-state index in [1.54, 1.807) is 14.0 Å². The number of hydrogen-bond donors (Lipinski definition) is 2. The van der Waals surface area contributed by atoms with Crippen molar-refractivity contribution < 1.29 is 9.72 Å². The van der Waals surface area contributed by atoms with Crippen LogP contribution in [0.15, 0.2) is 12.1 Å². The van der Waals surface area contributed by atoms with E-state index in [-0.39, 0.29) is 24.0 Å². The highest BCUT2D eigenvalue weighted by atomic mass is 16.6. The molecule has 0 saturated carbocycles. The number of aromatic nitrogens is 4. The highest BCUT2D eigenvalue weighted by Gasteiger charge is 2.20. The van der Waals surface area contributed by atoms with Crippen molar-refractivity contribution in [2.24, 2.45) is 0 Å². The average Bonchev–Trinajstić information content (AvgIpc) is 2.97. The van der Waals surface area contributed by atoms with Crippen LogP contribution in [0.4, 0.5) is 5.82 Å². The fourth-order valence-electron chi connectivity index (χ4n) is 1.56. The quantitative estimate of drug-likeness (QED) is 0.619. The number of aryl methyl sites for hydroxylation is 1. The predicted octanol–water partition coefficient (Wildman–Crippen LogP) is 0.622. The van der Waals surface area contributed by atoms with Crippen molar-refractivity contribution in [1.82, 2.24) is 25.1 Å². The minimum absolute atomic E-state index is 0.154. The first-order valence-corrected chi connectivity index (χ1v) is 5.44. The van der Waals surface area contributed by atoms with Crippen molar-refractivity contribution in [3.8, 4) is 0 Å². The number of nitro groups is 1. The minimum Gasteiger partial charge on any atom is -0.358 e. The van der Waals surface area contributed by atoms with E-state index in [9.17, 15) is 14.9 Å². The van der Waals surface area contributed by atoms with Crippen LogP contribution in [0, 0.1) is 17.0 Å². The lowest BCUT2D eigenvalue weighted by Gasteiger charge is -2.12. The zero-order valence-corrected chi connectivity index (χ0v) is 10.4. The monoisotopic (exact) mass is 264 g/mol. The Morgan fingerprint density at radius 1 is 1.53 bits per heavy atom. The first-order valence-electron chi connectivity index (χ1n) is 5.44. The number of carbonyl (C=O) groups is 1. The molecule has 0 bridgehead atoms. The van der Waals surface area contributed by atoms with Gasteiger partial charge in [-0.15, -0.1) is 0 Å². The lowest BCUT2D eigenvalue weighted by molar-refractivity contribution is -0.389. The highest BCUT2D eigenvalue weighted by Crippen LogP contribution is 2.12. The van der Waals surface area contributed by atoms with Gasteiger partial charge in [0.05, 0.1) is 6.54 Å². The third-order valence-corrected chi connectivity index (χ3v) is 2.47. The number of hydrogen-bond acceptors (Lipinski definition) is 5. The summed E-state index contributed by atoms with van der Waals surface area (Å²) in [5.41, 5.74) is 0.154. The summed E-state index contributed by atoms with van der Waals surface area (Å²) >= 11 is 0. The summed E-state index contributed by atoms with van der Waals surface area (Å²) in [6.45, 7) is 1.97. The van der Waals surface area contributed by atoms with Gasteiger partial charge in [0.2, 0.25) is 0 Å². The van der Waals surface area contributed by atoms with Crippen molar-refractivity contribution in [2.45, 2.75) is 13.5 Å². The van der Waals surface area contributed by atoms with Gasteiger partial charge in [-0.05, 0) is 17.9 Å². The molecule has 0 atom stereocenters. The molecule has 0 aromatic carbocycles. The van der Waals surface area contributed by atoms with Crippen LogP contribution in [0.5, 0.6) is 0 Å². The van der Waals surface area contributed by atoms with Crippen molar-refractivity contribution >= 4 is 11.7 Å². The van der Waals surface area contributed by atoms with Crippen LogP contribution < -0.4 is 0 Å². The molecule has 0 radical (unpaired) electrons. The van der Waals surface area contributed by atoms with Gasteiger partial charge in [0.1, 0.15) is 5.82 Å². The second kappa shape index (κ2) is 4.88. The number of nitrogens with zero attached hydrogens (tertiary/aromatic N) is 4. The Hall–Kier alpha value is -2.71. The number of aromatic amines is 2. The molecular formula is C10H12N6O3. The maximum absolute atomic E-state index is 12.0. The summed E-state index contributed by atoms with van der Waals surface area (Å²) in [5, 5.41) is 17.1. The fourth-order valence-corrected chi connectivity index (χ4v) is 1.56. The van der Waals surface area contributed by atoms with Gasteiger partial charge in [0.15, 0.2) is 11.5 Å². The van der Waals surface area contributed by atoms with Gasteiger partial charge in [-0.2, -0.15) is 5.10 Å². The lowest BCUT2D eigenvalue weighted by atomic mass is 10.3. The van der Waals surface area contributed by atoms with Crippen molar-refractivity contribution in [3.05, 3.63) is 39.6 Å². The number of amides is 1. The summed E-state index contributed by atoms with van der Waals surface area (Å²) < 4.78 is 0. The zero-order valence-electron chi connectivity index (χ0n) is 10.4. The summed E-state index contributed by atoms with van der Waals surface area (Å²) in [5.74, 6) is 0.557. The summed E-state index contributed by atoms with van der Waals surface area (Å²) in [4.78, 5) is 29.8. The van der Waals surface area contributed by atoms with Gasteiger partial charge in [-0.25, -0.2) is 9.97 Å². The molecule has 0 saturated heterocycles. The summed E-state index contributed by atoms with van der Waals surface area (Å²) in [7, 11) is 1.57. The van der Waals surface area contributed by atoms with Gasteiger partial charge in [0.25, 0.3) is 5.91 Å². The summed E-state index contributed by atoms with van der Waals surface area (Å²) in [6, 6.07) is 2.62. The molecule has 2 aromatic rings. The van der Waals surface area contributed by atoms with Gasteiger partial charge in [0, 0.05) is 13.1 Å². The predicted molar refractivity (Wildman–Crippen MR) is 64.4 cm³/mol. The van der Waals surface area contributed by atoms with E-state index in [4.69, 9.17) is 0 Å². The molecule has 2 aromatic heterocycles. The Bertz CT molecular complexity index is 616. The average molecular weight is 264 g/mol. The summed E-state index contributed by atoms with van der Waals surface area (Å²) in [6.07, 6.45) is 0. The molecule has 100 valence electrons. The molecule has 0 aliphatic heterocycles. The second-order valence-electron chi connectivity index (χ2n) is 4.01. The molecule has 0 aliphatic rings. The number of nitrogens with one attached hydrogen (secondary N) is 2. The molecule has 0 aliphatic carbocycles. The molecule has 2 heterocycles. The van der Waals surface area contributed by atoms with Gasteiger partial charge >= 0.3 is 5.82 Å². The SMILES string of the molecule is Cc1nc(CN(C)C(=O)c2ccc([N+](=O)[O-])[nH]2)n[nH]1. The molecule has 0 spiro atoms. The molecule has 2 N–H and O–H groups in total. The van der Waals surface area contributed by atoms with Gasteiger partial charge < -0.3 is 15.0 Å². The highest BCUT2D eigenvalue weighted by molar-refractivity contribution is 5.92. The Labute approximate surface area is 107 Å². The number of H-pyrrole nitrogens is 2. The Morgan fingerprint density at radius 2 is 2.26 bits per heavy atom. The van der Waals surface area contributed by atoms with E-state index in [1.807, 2.05) is 0 Å². The third-order valence-electron chi connectivity index (χ3n) is 2.47. The number of rotatable bonds is 4. The molecular weight excluding hydrogens is 252 g/mol. The van der Waals surface area contributed by atoms with E-state index in [1.165, 1.54) is 17.0 Å². The van der Waals surface area contributed by atoms with Crippen LogP contribution in [0.2, 0.25) is 0 Å². The topological polar surface area (TPSA) is 121 Å². The van der Waals surface area contributed by atoms with E-state index >= 15 is 0 Å². The van der Waals surface area contributed by atoms with Crippen LogP contribution in [-0.4, -0.2) is 42.9 Å². The van der Waals surface area contributed by atoms with Crippen molar-refractivity contribution in [2.75, 3.05) is 7.05 Å². The largest absolute Gasteiger partial charge is 0.358 e. The van der Waals surface area contributed by atoms with E-state index in [2.05, 4.69) is 20.2 Å². The molecule has 9 heteroatoms. The first kappa shape index (κ1) is 12.7. The molecule has 19 heavy (non-hydrogen) atoms. The molecule has 1 amide bonds. The third kappa shape index (κ3) is 2.76. The zero-order chi connectivity index (χ0) is 14.0. The Kier molecular flexibility index (Phi) is 3.27. The maximum atomic E-state index is 12.0. The smallest absolute Gasteiger partial charge is 0.321 e. The molecule has 0 fully saturated rings. The van der Waals surface area contributed by atoms with E-state index in [0.717, 1.165) is 0 Å². The Balaban J connectivity index is 2.07. The van der Waals surface area contributed by atoms with Gasteiger partial charge in [-0.3, -0.25) is 9.89 Å². The Morgan fingerprint density at radius 3 is 2.79 bits per heavy atom. The van der Waals surface area contributed by atoms with Crippen molar-refractivity contribution in [3.63, 3.8) is 0 Å². The van der Waals surface area contributed by atoms with E-state index < -0.39 is 4.92 Å². The lowest BCUT2D eigenvalue weighted by Crippen LogP contribution is -2.27. The maximum Gasteiger partial charge on any atom is 0.321 e. The van der Waals surface area contributed by atoms with E-state index in [0.29, 0.717) is 11.6 Å². The molecule has 2 rings (SSSR count). The van der Waals surface area contributed by atoms with Crippen LogP contribution in [0.1, 0.15) is 22.1 Å². The second-order valence-corrected chi connectivity index (χ2v) is 4.01. The normalized spacial score (nSPS) is 10.4. The van der Waals surface area contributed by atoms with Gasteiger partial charge in [-0.1, -0.05) is 0 Å².